The molecule has 0 aromatic carbocycles. The molecule has 0 aliphatic heterocycles. The maximum Gasteiger partial charge on any atom is 0.256 e. The maximum absolute atomic E-state index is 12.0. The Hall–Kier alpha value is -1.09. The van der Waals surface area contributed by atoms with Crippen LogP contribution in [-0.4, -0.2) is 29.4 Å². The standard InChI is InChI=1S/C12H17ClN2O/c1-4-9(2)8-15(3)12(16)10-7-14-6-5-11(10)13/h5-7,9H,4,8H2,1-3H3. The minimum atomic E-state index is -0.0709. The van der Waals surface area contributed by atoms with E-state index in [-0.39, 0.29) is 5.91 Å². The van der Waals surface area contributed by atoms with E-state index in [9.17, 15) is 4.79 Å². The third-order valence-corrected chi connectivity index (χ3v) is 2.96. The van der Waals surface area contributed by atoms with E-state index in [0.29, 0.717) is 16.5 Å². The molecule has 0 bridgehead atoms. The average molecular weight is 241 g/mol. The normalized spacial score (nSPS) is 12.2. The van der Waals surface area contributed by atoms with Gasteiger partial charge in [-0.15, -0.1) is 0 Å². The lowest BCUT2D eigenvalue weighted by Gasteiger charge is -2.21. The molecule has 1 heterocycles. The first kappa shape index (κ1) is 13.0. The third-order valence-electron chi connectivity index (χ3n) is 2.63. The molecule has 88 valence electrons. The Labute approximate surface area is 101 Å². The van der Waals surface area contributed by atoms with Crippen molar-refractivity contribution in [2.45, 2.75) is 20.3 Å². The zero-order valence-electron chi connectivity index (χ0n) is 9.90. The van der Waals surface area contributed by atoms with E-state index >= 15 is 0 Å². The van der Waals surface area contributed by atoms with E-state index in [1.165, 1.54) is 6.20 Å². The number of amides is 1. The van der Waals surface area contributed by atoms with Crippen LogP contribution in [0.1, 0.15) is 30.6 Å². The summed E-state index contributed by atoms with van der Waals surface area (Å²) in [4.78, 5) is 17.6. The lowest BCUT2D eigenvalue weighted by Crippen LogP contribution is -2.31. The summed E-state index contributed by atoms with van der Waals surface area (Å²) in [6.45, 7) is 4.97. The molecule has 0 aliphatic carbocycles. The second-order valence-electron chi connectivity index (χ2n) is 4.05. The van der Waals surface area contributed by atoms with E-state index < -0.39 is 0 Å². The highest BCUT2D eigenvalue weighted by Crippen LogP contribution is 2.16. The van der Waals surface area contributed by atoms with Crippen molar-refractivity contribution in [3.63, 3.8) is 0 Å². The highest BCUT2D eigenvalue weighted by atomic mass is 35.5. The summed E-state index contributed by atoms with van der Waals surface area (Å²) in [5.74, 6) is 0.419. The highest BCUT2D eigenvalue weighted by molar-refractivity contribution is 6.33. The third kappa shape index (κ3) is 3.20. The Morgan fingerprint density at radius 2 is 2.31 bits per heavy atom. The largest absolute Gasteiger partial charge is 0.341 e. The zero-order chi connectivity index (χ0) is 12.1. The van der Waals surface area contributed by atoms with Gasteiger partial charge in [0.05, 0.1) is 10.6 Å². The number of carbonyl (C=O) groups is 1. The minimum Gasteiger partial charge on any atom is -0.341 e. The molecule has 0 saturated carbocycles. The lowest BCUT2D eigenvalue weighted by atomic mass is 10.1. The molecule has 16 heavy (non-hydrogen) atoms. The van der Waals surface area contributed by atoms with Crippen LogP contribution in [0, 0.1) is 5.92 Å². The van der Waals surface area contributed by atoms with Gasteiger partial charge in [-0.1, -0.05) is 31.9 Å². The van der Waals surface area contributed by atoms with Crippen molar-refractivity contribution in [3.05, 3.63) is 29.0 Å². The molecule has 1 unspecified atom stereocenters. The van der Waals surface area contributed by atoms with Crippen molar-refractivity contribution in [1.29, 1.82) is 0 Å². The summed E-state index contributed by atoms with van der Waals surface area (Å²) in [6, 6.07) is 1.63. The quantitative estimate of drug-likeness (QED) is 0.811. The predicted octanol–water partition coefficient (Wildman–Crippen LogP) is 2.85. The first-order valence-electron chi connectivity index (χ1n) is 5.41. The Balaban J connectivity index is 2.75. The van der Waals surface area contributed by atoms with Gasteiger partial charge in [-0.2, -0.15) is 0 Å². The Morgan fingerprint density at radius 3 is 2.88 bits per heavy atom. The molecular formula is C12H17ClN2O. The van der Waals surface area contributed by atoms with E-state index in [2.05, 4.69) is 18.8 Å². The SMILES string of the molecule is CCC(C)CN(C)C(=O)c1cnccc1Cl. The molecular weight excluding hydrogens is 224 g/mol. The van der Waals surface area contributed by atoms with Crippen molar-refractivity contribution in [2.75, 3.05) is 13.6 Å². The number of halogens is 1. The predicted molar refractivity (Wildman–Crippen MR) is 65.7 cm³/mol. The first-order chi connectivity index (χ1) is 7.56. The summed E-state index contributed by atoms with van der Waals surface area (Å²) in [5, 5.41) is 0.455. The summed E-state index contributed by atoms with van der Waals surface area (Å²) < 4.78 is 0. The fourth-order valence-electron chi connectivity index (χ4n) is 1.42. The van der Waals surface area contributed by atoms with Crippen LogP contribution >= 0.6 is 11.6 Å². The van der Waals surface area contributed by atoms with Gasteiger partial charge in [0, 0.05) is 26.0 Å². The van der Waals surface area contributed by atoms with Gasteiger partial charge in [0.2, 0.25) is 0 Å². The van der Waals surface area contributed by atoms with Gasteiger partial charge in [0.25, 0.3) is 5.91 Å². The van der Waals surface area contributed by atoms with Crippen LogP contribution in [0.2, 0.25) is 5.02 Å². The van der Waals surface area contributed by atoms with Crippen LogP contribution in [-0.2, 0) is 0 Å². The summed E-state index contributed by atoms with van der Waals surface area (Å²) in [7, 11) is 1.79. The number of rotatable bonds is 4. The van der Waals surface area contributed by atoms with Crippen LogP contribution in [0.5, 0.6) is 0 Å². The number of aromatic nitrogens is 1. The summed E-state index contributed by atoms with van der Waals surface area (Å²) in [5.41, 5.74) is 0.468. The number of carbonyl (C=O) groups excluding carboxylic acids is 1. The van der Waals surface area contributed by atoms with E-state index in [0.717, 1.165) is 13.0 Å². The molecule has 0 fully saturated rings. The van der Waals surface area contributed by atoms with Crippen molar-refractivity contribution in [3.8, 4) is 0 Å². The van der Waals surface area contributed by atoms with Gasteiger partial charge in [-0.25, -0.2) is 0 Å². The van der Waals surface area contributed by atoms with E-state index in [1.807, 2.05) is 0 Å². The van der Waals surface area contributed by atoms with Crippen LogP contribution < -0.4 is 0 Å². The van der Waals surface area contributed by atoms with Gasteiger partial charge in [0.1, 0.15) is 0 Å². The molecule has 1 aromatic heterocycles. The summed E-state index contributed by atoms with van der Waals surface area (Å²) >= 11 is 5.95. The molecule has 3 nitrogen and oxygen atoms in total. The Morgan fingerprint density at radius 1 is 1.62 bits per heavy atom. The van der Waals surface area contributed by atoms with Gasteiger partial charge in [-0.05, 0) is 12.0 Å². The van der Waals surface area contributed by atoms with Crippen LogP contribution in [0.4, 0.5) is 0 Å². The van der Waals surface area contributed by atoms with Gasteiger partial charge in [-0.3, -0.25) is 9.78 Å². The number of hydrogen-bond acceptors (Lipinski definition) is 2. The van der Waals surface area contributed by atoms with Crippen molar-refractivity contribution >= 4 is 17.5 Å². The highest BCUT2D eigenvalue weighted by Gasteiger charge is 2.16. The van der Waals surface area contributed by atoms with Crippen LogP contribution in [0.3, 0.4) is 0 Å². The molecule has 0 spiro atoms. The maximum atomic E-state index is 12.0. The molecule has 0 aliphatic rings. The number of pyridine rings is 1. The molecule has 1 aromatic rings. The Bertz CT molecular complexity index is 368. The Kier molecular flexibility index (Phi) is 4.74. The van der Waals surface area contributed by atoms with Crippen molar-refractivity contribution < 1.29 is 4.79 Å². The van der Waals surface area contributed by atoms with Gasteiger partial charge in [0.15, 0.2) is 0 Å². The lowest BCUT2D eigenvalue weighted by molar-refractivity contribution is 0.0774. The smallest absolute Gasteiger partial charge is 0.256 e. The first-order valence-corrected chi connectivity index (χ1v) is 5.79. The minimum absolute atomic E-state index is 0.0709. The second-order valence-corrected chi connectivity index (χ2v) is 4.46. The van der Waals surface area contributed by atoms with E-state index in [1.54, 1.807) is 24.2 Å². The average Bonchev–Trinajstić information content (AvgIpc) is 2.28. The van der Waals surface area contributed by atoms with Gasteiger partial charge >= 0.3 is 0 Å². The molecule has 1 amide bonds. The molecule has 1 rings (SSSR count). The van der Waals surface area contributed by atoms with Crippen molar-refractivity contribution in [2.24, 2.45) is 5.92 Å². The molecule has 4 heteroatoms. The van der Waals surface area contributed by atoms with Crippen LogP contribution in [0.25, 0.3) is 0 Å². The van der Waals surface area contributed by atoms with Gasteiger partial charge < -0.3 is 4.90 Å². The van der Waals surface area contributed by atoms with Crippen LogP contribution in [0.15, 0.2) is 18.5 Å². The molecule has 0 N–H and O–H groups in total. The topological polar surface area (TPSA) is 33.2 Å². The number of hydrogen-bond donors (Lipinski definition) is 0. The van der Waals surface area contributed by atoms with Crippen molar-refractivity contribution in [1.82, 2.24) is 9.88 Å². The summed E-state index contributed by atoms with van der Waals surface area (Å²) in [6.07, 6.45) is 4.14. The number of nitrogens with zero attached hydrogens (tertiary/aromatic N) is 2. The monoisotopic (exact) mass is 240 g/mol. The van der Waals surface area contributed by atoms with E-state index in [4.69, 9.17) is 11.6 Å². The fourth-order valence-corrected chi connectivity index (χ4v) is 1.61. The molecule has 1 atom stereocenters. The molecule has 0 saturated heterocycles. The fraction of sp³-hybridized carbons (Fsp3) is 0.500. The second kappa shape index (κ2) is 5.85. The zero-order valence-corrected chi connectivity index (χ0v) is 10.7. The molecule has 0 radical (unpaired) electrons.